The lowest BCUT2D eigenvalue weighted by Gasteiger charge is -2.41. The van der Waals surface area contributed by atoms with Crippen LogP contribution in [-0.2, 0) is 0 Å². The molecule has 1 aromatic rings. The van der Waals surface area contributed by atoms with Crippen LogP contribution in [0.4, 0.5) is 0 Å². The molecule has 1 aliphatic rings. The van der Waals surface area contributed by atoms with Crippen molar-refractivity contribution >= 4 is 5.91 Å². The molecule has 2 N–H and O–H groups in total. The number of carbonyl (C=O) groups is 1. The fourth-order valence-corrected chi connectivity index (χ4v) is 2.57. The van der Waals surface area contributed by atoms with Crippen LogP contribution in [0.15, 0.2) is 18.2 Å². The van der Waals surface area contributed by atoms with Crippen LogP contribution in [0.3, 0.4) is 0 Å². The van der Waals surface area contributed by atoms with Crippen LogP contribution >= 0.6 is 0 Å². The summed E-state index contributed by atoms with van der Waals surface area (Å²) >= 11 is 0. The standard InChI is InChI=1S/C15H21NO3/c1-3-15(8-5-9-15)10-16-14(18)11-6-4-7-12(19-2)13(11)17/h4,6-7,17H,3,5,8-10H2,1-2H3,(H,16,18). The van der Waals surface area contributed by atoms with E-state index in [2.05, 4.69) is 12.2 Å². The zero-order valence-corrected chi connectivity index (χ0v) is 11.5. The number of hydrogen-bond acceptors (Lipinski definition) is 3. The molecular weight excluding hydrogens is 242 g/mol. The summed E-state index contributed by atoms with van der Waals surface area (Å²) < 4.78 is 5.00. The number of para-hydroxylation sites is 1. The second-order valence-electron chi connectivity index (χ2n) is 5.25. The van der Waals surface area contributed by atoms with Gasteiger partial charge in [0.05, 0.1) is 12.7 Å². The molecule has 0 atom stereocenters. The van der Waals surface area contributed by atoms with E-state index in [0.717, 1.165) is 6.42 Å². The van der Waals surface area contributed by atoms with E-state index in [1.807, 2.05) is 0 Å². The van der Waals surface area contributed by atoms with Crippen molar-refractivity contribution in [3.8, 4) is 11.5 Å². The molecule has 0 saturated heterocycles. The molecule has 1 saturated carbocycles. The van der Waals surface area contributed by atoms with Crippen molar-refractivity contribution in [1.29, 1.82) is 0 Å². The minimum absolute atomic E-state index is 0.0957. The first-order valence-corrected chi connectivity index (χ1v) is 6.76. The second-order valence-corrected chi connectivity index (χ2v) is 5.25. The Morgan fingerprint density at radius 2 is 2.21 bits per heavy atom. The lowest BCUT2D eigenvalue weighted by molar-refractivity contribution is 0.0847. The Hall–Kier alpha value is -1.71. The van der Waals surface area contributed by atoms with Crippen LogP contribution in [-0.4, -0.2) is 24.7 Å². The van der Waals surface area contributed by atoms with E-state index < -0.39 is 0 Å². The maximum absolute atomic E-state index is 12.1. The summed E-state index contributed by atoms with van der Waals surface area (Å²) in [5.74, 6) is -0.0146. The molecule has 1 aromatic carbocycles. The van der Waals surface area contributed by atoms with Crippen LogP contribution in [0.5, 0.6) is 11.5 Å². The van der Waals surface area contributed by atoms with Crippen molar-refractivity contribution in [3.63, 3.8) is 0 Å². The second kappa shape index (κ2) is 5.51. The fourth-order valence-electron chi connectivity index (χ4n) is 2.57. The third-order valence-corrected chi connectivity index (χ3v) is 4.25. The highest BCUT2D eigenvalue weighted by atomic mass is 16.5. The number of rotatable bonds is 5. The number of ether oxygens (including phenoxy) is 1. The number of aromatic hydroxyl groups is 1. The molecule has 4 nitrogen and oxygen atoms in total. The number of phenols is 1. The maximum Gasteiger partial charge on any atom is 0.255 e. The topological polar surface area (TPSA) is 58.6 Å². The summed E-state index contributed by atoms with van der Waals surface area (Å²) in [6.45, 7) is 2.84. The first kappa shape index (κ1) is 13.7. The first-order valence-electron chi connectivity index (χ1n) is 6.76. The van der Waals surface area contributed by atoms with Gasteiger partial charge in [0.25, 0.3) is 5.91 Å². The van der Waals surface area contributed by atoms with Gasteiger partial charge in [0.2, 0.25) is 0 Å². The summed E-state index contributed by atoms with van der Waals surface area (Å²) in [7, 11) is 1.47. The quantitative estimate of drug-likeness (QED) is 0.858. The fraction of sp³-hybridized carbons (Fsp3) is 0.533. The Bertz CT molecular complexity index is 461. The predicted molar refractivity (Wildman–Crippen MR) is 73.6 cm³/mol. The Morgan fingerprint density at radius 3 is 2.74 bits per heavy atom. The van der Waals surface area contributed by atoms with E-state index in [-0.39, 0.29) is 22.6 Å². The normalized spacial score (nSPS) is 16.5. The Morgan fingerprint density at radius 1 is 1.47 bits per heavy atom. The van der Waals surface area contributed by atoms with E-state index >= 15 is 0 Å². The molecule has 0 spiro atoms. The molecule has 0 heterocycles. The summed E-state index contributed by atoms with van der Waals surface area (Å²) in [6, 6.07) is 4.94. The number of phenolic OH excluding ortho intramolecular Hbond substituents is 1. The number of hydrogen-bond donors (Lipinski definition) is 2. The highest BCUT2D eigenvalue weighted by molar-refractivity contribution is 5.97. The SMILES string of the molecule is CCC1(CNC(=O)c2cccc(OC)c2O)CCC1. The molecule has 1 amide bonds. The highest BCUT2D eigenvalue weighted by Gasteiger charge is 2.35. The van der Waals surface area contributed by atoms with E-state index in [4.69, 9.17) is 4.74 Å². The molecule has 1 fully saturated rings. The predicted octanol–water partition coefficient (Wildman–Crippen LogP) is 2.71. The van der Waals surface area contributed by atoms with E-state index in [1.165, 1.54) is 26.4 Å². The van der Waals surface area contributed by atoms with Crippen LogP contribution < -0.4 is 10.1 Å². The third-order valence-electron chi connectivity index (χ3n) is 4.25. The van der Waals surface area contributed by atoms with E-state index in [1.54, 1.807) is 18.2 Å². The lowest BCUT2D eigenvalue weighted by atomic mass is 9.67. The average Bonchev–Trinajstić information content (AvgIpc) is 2.38. The lowest BCUT2D eigenvalue weighted by Crippen LogP contribution is -2.41. The number of carbonyl (C=O) groups excluding carboxylic acids is 1. The van der Waals surface area contributed by atoms with Crippen molar-refractivity contribution in [2.45, 2.75) is 32.6 Å². The minimum Gasteiger partial charge on any atom is -0.504 e. The Labute approximate surface area is 113 Å². The van der Waals surface area contributed by atoms with Gasteiger partial charge in [-0.25, -0.2) is 0 Å². The highest BCUT2D eigenvalue weighted by Crippen LogP contribution is 2.43. The number of methoxy groups -OCH3 is 1. The molecule has 0 aliphatic heterocycles. The molecule has 0 aromatic heterocycles. The third kappa shape index (κ3) is 2.67. The largest absolute Gasteiger partial charge is 0.504 e. The van der Waals surface area contributed by atoms with Crippen molar-refractivity contribution in [3.05, 3.63) is 23.8 Å². The molecule has 1 aliphatic carbocycles. The van der Waals surface area contributed by atoms with Gasteiger partial charge in [-0.1, -0.05) is 19.4 Å². The van der Waals surface area contributed by atoms with Crippen LogP contribution in [0, 0.1) is 5.41 Å². The summed E-state index contributed by atoms with van der Waals surface area (Å²) in [5.41, 5.74) is 0.536. The number of benzene rings is 1. The molecule has 4 heteroatoms. The van der Waals surface area contributed by atoms with Gasteiger partial charge in [0, 0.05) is 6.54 Å². The summed E-state index contributed by atoms with van der Waals surface area (Å²) in [4.78, 5) is 12.1. The molecule has 0 bridgehead atoms. The first-order chi connectivity index (χ1) is 9.12. The van der Waals surface area contributed by atoms with Gasteiger partial charge in [-0.2, -0.15) is 0 Å². The van der Waals surface area contributed by atoms with Crippen LogP contribution in [0.2, 0.25) is 0 Å². The zero-order chi connectivity index (χ0) is 13.9. The van der Waals surface area contributed by atoms with Crippen molar-refractivity contribution in [2.24, 2.45) is 5.41 Å². The van der Waals surface area contributed by atoms with Gasteiger partial charge in [-0.05, 0) is 36.8 Å². The number of amides is 1. The molecular formula is C15H21NO3. The van der Waals surface area contributed by atoms with Gasteiger partial charge >= 0.3 is 0 Å². The van der Waals surface area contributed by atoms with E-state index in [0.29, 0.717) is 12.3 Å². The van der Waals surface area contributed by atoms with Gasteiger partial charge in [-0.3, -0.25) is 4.79 Å². The van der Waals surface area contributed by atoms with Gasteiger partial charge < -0.3 is 15.2 Å². The van der Waals surface area contributed by atoms with Crippen molar-refractivity contribution in [2.75, 3.05) is 13.7 Å². The van der Waals surface area contributed by atoms with Gasteiger partial charge in [0.15, 0.2) is 11.5 Å². The van der Waals surface area contributed by atoms with Crippen LogP contribution in [0.25, 0.3) is 0 Å². The summed E-state index contributed by atoms with van der Waals surface area (Å²) in [5, 5.41) is 12.9. The summed E-state index contributed by atoms with van der Waals surface area (Å²) in [6.07, 6.45) is 4.67. The van der Waals surface area contributed by atoms with Gasteiger partial charge in [0.1, 0.15) is 0 Å². The zero-order valence-electron chi connectivity index (χ0n) is 11.5. The van der Waals surface area contributed by atoms with Crippen molar-refractivity contribution in [1.82, 2.24) is 5.32 Å². The minimum atomic E-state index is -0.240. The molecule has 104 valence electrons. The average molecular weight is 263 g/mol. The van der Waals surface area contributed by atoms with Crippen molar-refractivity contribution < 1.29 is 14.6 Å². The smallest absolute Gasteiger partial charge is 0.255 e. The van der Waals surface area contributed by atoms with E-state index in [9.17, 15) is 9.90 Å². The molecule has 0 radical (unpaired) electrons. The molecule has 2 rings (SSSR count). The monoisotopic (exact) mass is 263 g/mol. The van der Waals surface area contributed by atoms with Gasteiger partial charge in [-0.15, -0.1) is 0 Å². The Kier molecular flexibility index (Phi) is 3.98. The number of nitrogens with one attached hydrogen (secondary N) is 1. The maximum atomic E-state index is 12.1. The molecule has 19 heavy (non-hydrogen) atoms. The molecule has 0 unspecified atom stereocenters. The Balaban J connectivity index is 2.04. The van der Waals surface area contributed by atoms with Crippen LogP contribution in [0.1, 0.15) is 43.0 Å².